The molecule has 0 bridgehead atoms. The van der Waals surface area contributed by atoms with Crippen LogP contribution in [0.5, 0.6) is 5.75 Å². The Balaban J connectivity index is 2.17. The molecule has 0 spiro atoms. The van der Waals surface area contributed by atoms with Gasteiger partial charge >= 0.3 is 0 Å². The van der Waals surface area contributed by atoms with E-state index < -0.39 is 0 Å². The van der Waals surface area contributed by atoms with Crippen LogP contribution < -0.4 is 4.74 Å². The summed E-state index contributed by atoms with van der Waals surface area (Å²) in [5.41, 5.74) is 0.994. The van der Waals surface area contributed by atoms with E-state index in [0.29, 0.717) is 0 Å². The molecule has 0 saturated heterocycles. The van der Waals surface area contributed by atoms with Crippen LogP contribution in [0.2, 0.25) is 0 Å². The topological polar surface area (TPSA) is 9.23 Å². The number of hydrogen-bond donors (Lipinski definition) is 0. The van der Waals surface area contributed by atoms with Crippen LogP contribution in [-0.2, 0) is 0 Å². The van der Waals surface area contributed by atoms with Gasteiger partial charge in [-0.15, -0.1) is 6.42 Å². The van der Waals surface area contributed by atoms with Crippen LogP contribution in [0.1, 0.15) is 11.7 Å². The van der Waals surface area contributed by atoms with Crippen molar-refractivity contribution in [3.05, 3.63) is 66.2 Å². The van der Waals surface area contributed by atoms with Gasteiger partial charge in [-0.2, -0.15) is 0 Å². The normalized spacial score (nSPS) is 11.4. The smallest absolute Gasteiger partial charge is 0.184 e. The summed E-state index contributed by atoms with van der Waals surface area (Å²) < 4.78 is 5.71. The standard InChI is InChI=1S/C15H12O/c1-2-15(13-9-5-3-6-10-13)16-14-11-7-4-8-12-14/h1,3-12,15H. The maximum Gasteiger partial charge on any atom is 0.184 e. The van der Waals surface area contributed by atoms with Gasteiger partial charge in [-0.1, -0.05) is 54.5 Å². The monoisotopic (exact) mass is 208 g/mol. The van der Waals surface area contributed by atoms with Gasteiger partial charge in [0.25, 0.3) is 0 Å². The Hall–Kier alpha value is -2.20. The number of ether oxygens (including phenoxy) is 1. The Kier molecular flexibility index (Phi) is 3.25. The van der Waals surface area contributed by atoms with Crippen molar-refractivity contribution < 1.29 is 4.74 Å². The second-order valence-corrected chi connectivity index (χ2v) is 3.39. The van der Waals surface area contributed by atoms with E-state index in [1.165, 1.54) is 0 Å². The first-order valence-electron chi connectivity index (χ1n) is 5.13. The van der Waals surface area contributed by atoms with Crippen LogP contribution in [0.4, 0.5) is 0 Å². The molecule has 0 aliphatic rings. The first-order valence-corrected chi connectivity index (χ1v) is 5.13. The zero-order valence-electron chi connectivity index (χ0n) is 8.84. The van der Waals surface area contributed by atoms with E-state index in [0.717, 1.165) is 11.3 Å². The second-order valence-electron chi connectivity index (χ2n) is 3.39. The molecule has 0 fully saturated rings. The van der Waals surface area contributed by atoms with Gasteiger partial charge < -0.3 is 4.74 Å². The van der Waals surface area contributed by atoms with Crippen LogP contribution >= 0.6 is 0 Å². The van der Waals surface area contributed by atoms with E-state index in [1.54, 1.807) is 0 Å². The molecule has 1 unspecified atom stereocenters. The quantitative estimate of drug-likeness (QED) is 0.702. The van der Waals surface area contributed by atoms with Crippen LogP contribution in [0.25, 0.3) is 0 Å². The molecular formula is C15H12O. The minimum absolute atomic E-state index is 0.330. The highest BCUT2D eigenvalue weighted by Crippen LogP contribution is 2.20. The van der Waals surface area contributed by atoms with E-state index in [4.69, 9.17) is 11.2 Å². The van der Waals surface area contributed by atoms with Crippen LogP contribution in [0, 0.1) is 12.3 Å². The predicted molar refractivity (Wildman–Crippen MR) is 65.1 cm³/mol. The summed E-state index contributed by atoms with van der Waals surface area (Å²) in [5, 5.41) is 0. The van der Waals surface area contributed by atoms with Crippen molar-refractivity contribution in [3.63, 3.8) is 0 Å². The first kappa shape index (κ1) is 10.3. The second kappa shape index (κ2) is 5.04. The van der Waals surface area contributed by atoms with Gasteiger partial charge in [0.1, 0.15) is 5.75 Å². The molecule has 0 N–H and O–H groups in total. The van der Waals surface area contributed by atoms with E-state index in [2.05, 4.69) is 5.92 Å². The average molecular weight is 208 g/mol. The largest absolute Gasteiger partial charge is 0.473 e. The molecule has 0 heterocycles. The van der Waals surface area contributed by atoms with E-state index >= 15 is 0 Å². The number of hydrogen-bond acceptors (Lipinski definition) is 1. The van der Waals surface area contributed by atoms with Gasteiger partial charge in [0.15, 0.2) is 6.10 Å². The zero-order chi connectivity index (χ0) is 11.2. The lowest BCUT2D eigenvalue weighted by atomic mass is 10.1. The van der Waals surface area contributed by atoms with Crippen LogP contribution in [-0.4, -0.2) is 0 Å². The molecule has 0 saturated carbocycles. The summed E-state index contributed by atoms with van der Waals surface area (Å²) in [6.45, 7) is 0. The van der Waals surface area contributed by atoms with E-state index in [1.807, 2.05) is 60.7 Å². The van der Waals surface area contributed by atoms with Gasteiger partial charge in [-0.25, -0.2) is 0 Å². The van der Waals surface area contributed by atoms with E-state index in [9.17, 15) is 0 Å². The van der Waals surface area contributed by atoms with Gasteiger partial charge in [-0.05, 0) is 12.1 Å². The summed E-state index contributed by atoms with van der Waals surface area (Å²) in [5.74, 6) is 3.43. The number of rotatable bonds is 3. The molecule has 0 amide bonds. The molecule has 16 heavy (non-hydrogen) atoms. The highest BCUT2D eigenvalue weighted by molar-refractivity contribution is 5.28. The molecule has 0 aromatic heterocycles. The molecular weight excluding hydrogens is 196 g/mol. The maximum absolute atomic E-state index is 5.71. The third-order valence-corrected chi connectivity index (χ3v) is 2.25. The van der Waals surface area contributed by atoms with Gasteiger partial charge in [0, 0.05) is 5.56 Å². The third-order valence-electron chi connectivity index (χ3n) is 2.25. The average Bonchev–Trinajstić information content (AvgIpc) is 2.38. The minimum Gasteiger partial charge on any atom is -0.473 e. The first-order chi connectivity index (χ1) is 7.90. The van der Waals surface area contributed by atoms with E-state index in [-0.39, 0.29) is 6.10 Å². The number of benzene rings is 2. The van der Waals surface area contributed by atoms with Crippen molar-refractivity contribution in [2.75, 3.05) is 0 Å². The fourth-order valence-electron chi connectivity index (χ4n) is 1.46. The Bertz CT molecular complexity index is 468. The number of para-hydroxylation sites is 1. The molecule has 78 valence electrons. The van der Waals surface area contributed by atoms with Crippen LogP contribution in [0.3, 0.4) is 0 Å². The Labute approximate surface area is 95.7 Å². The predicted octanol–water partition coefficient (Wildman–Crippen LogP) is 3.44. The highest BCUT2D eigenvalue weighted by Gasteiger charge is 2.08. The lowest BCUT2D eigenvalue weighted by Crippen LogP contribution is -2.04. The Morgan fingerprint density at radius 1 is 0.875 bits per heavy atom. The molecule has 1 heteroatoms. The van der Waals surface area contributed by atoms with Gasteiger partial charge in [0.05, 0.1) is 0 Å². The molecule has 1 atom stereocenters. The highest BCUT2D eigenvalue weighted by atomic mass is 16.5. The van der Waals surface area contributed by atoms with Gasteiger partial charge in [-0.3, -0.25) is 0 Å². The van der Waals surface area contributed by atoms with Crippen molar-refractivity contribution in [2.45, 2.75) is 6.10 Å². The molecule has 2 aromatic rings. The summed E-state index contributed by atoms with van der Waals surface area (Å²) >= 11 is 0. The number of terminal acetylenes is 1. The fraction of sp³-hybridized carbons (Fsp3) is 0.0667. The zero-order valence-corrected chi connectivity index (χ0v) is 8.84. The summed E-state index contributed by atoms with van der Waals surface area (Å²) in [7, 11) is 0. The lowest BCUT2D eigenvalue weighted by molar-refractivity contribution is 0.265. The Morgan fingerprint density at radius 2 is 1.44 bits per heavy atom. The summed E-state index contributed by atoms with van der Waals surface area (Å²) in [4.78, 5) is 0. The lowest BCUT2D eigenvalue weighted by Gasteiger charge is -2.13. The van der Waals surface area contributed by atoms with Crippen molar-refractivity contribution in [3.8, 4) is 18.1 Å². The van der Waals surface area contributed by atoms with Crippen molar-refractivity contribution in [1.29, 1.82) is 0 Å². The fourth-order valence-corrected chi connectivity index (χ4v) is 1.46. The molecule has 2 aromatic carbocycles. The SMILES string of the molecule is C#CC(Oc1ccccc1)c1ccccc1. The molecule has 0 aliphatic heterocycles. The third kappa shape index (κ3) is 2.43. The molecule has 0 radical (unpaired) electrons. The van der Waals surface area contributed by atoms with Gasteiger partial charge in [0.2, 0.25) is 0 Å². The summed E-state index contributed by atoms with van der Waals surface area (Å²) in [6.07, 6.45) is 5.15. The van der Waals surface area contributed by atoms with Crippen molar-refractivity contribution in [1.82, 2.24) is 0 Å². The minimum atomic E-state index is -0.330. The van der Waals surface area contributed by atoms with Crippen molar-refractivity contribution in [2.24, 2.45) is 0 Å². The maximum atomic E-state index is 5.71. The van der Waals surface area contributed by atoms with Crippen molar-refractivity contribution >= 4 is 0 Å². The molecule has 1 nitrogen and oxygen atoms in total. The summed E-state index contributed by atoms with van der Waals surface area (Å²) in [6, 6.07) is 19.4. The molecule has 2 rings (SSSR count). The Morgan fingerprint density at radius 3 is 2.00 bits per heavy atom. The molecule has 0 aliphatic carbocycles. The van der Waals surface area contributed by atoms with Crippen LogP contribution in [0.15, 0.2) is 60.7 Å².